The molecule has 1 N–H and O–H groups in total. The molecule has 1 fully saturated rings. The summed E-state index contributed by atoms with van der Waals surface area (Å²) in [6.45, 7) is 0. The van der Waals surface area contributed by atoms with Gasteiger partial charge in [-0.3, -0.25) is 0 Å². The van der Waals surface area contributed by atoms with E-state index in [0.717, 1.165) is 12.2 Å². The second-order valence-corrected chi connectivity index (χ2v) is 4.87. The fourth-order valence-corrected chi connectivity index (χ4v) is 2.83. The van der Waals surface area contributed by atoms with Gasteiger partial charge in [0.05, 0.1) is 5.56 Å². The van der Waals surface area contributed by atoms with E-state index in [0.29, 0.717) is 22.4 Å². The van der Waals surface area contributed by atoms with Crippen LogP contribution in [-0.2, 0) is 0 Å². The Labute approximate surface area is 97.8 Å². The van der Waals surface area contributed by atoms with Gasteiger partial charge in [0, 0.05) is 18.0 Å². The zero-order chi connectivity index (χ0) is 10.7. The first-order chi connectivity index (χ1) is 7.31. The minimum atomic E-state index is 0.425. The van der Waals surface area contributed by atoms with E-state index < -0.39 is 0 Å². The van der Waals surface area contributed by atoms with E-state index in [1.54, 1.807) is 12.3 Å². The van der Waals surface area contributed by atoms with Crippen molar-refractivity contribution in [3.63, 3.8) is 0 Å². The summed E-state index contributed by atoms with van der Waals surface area (Å²) < 4.78 is 0. The molecule has 0 radical (unpaired) electrons. The van der Waals surface area contributed by atoms with Crippen LogP contribution in [0.2, 0.25) is 5.02 Å². The molecule has 2 heterocycles. The number of aromatic nitrogens is 1. The van der Waals surface area contributed by atoms with E-state index in [9.17, 15) is 0 Å². The van der Waals surface area contributed by atoms with Crippen LogP contribution in [0.15, 0.2) is 12.3 Å². The Hall–Kier alpha value is -0.920. The largest absolute Gasteiger partial charge is 0.365 e. The minimum absolute atomic E-state index is 0.425. The van der Waals surface area contributed by atoms with E-state index in [-0.39, 0.29) is 0 Å². The van der Waals surface area contributed by atoms with E-state index in [4.69, 9.17) is 16.9 Å². The normalized spacial score (nSPS) is 19.9. The van der Waals surface area contributed by atoms with E-state index in [1.807, 2.05) is 17.8 Å². The van der Waals surface area contributed by atoms with Crippen LogP contribution in [-0.4, -0.2) is 22.5 Å². The van der Waals surface area contributed by atoms with Gasteiger partial charge in [0.2, 0.25) is 0 Å². The van der Waals surface area contributed by atoms with Crippen molar-refractivity contribution < 1.29 is 0 Å². The van der Waals surface area contributed by atoms with Crippen molar-refractivity contribution in [2.75, 3.05) is 16.8 Å². The number of rotatable bonds is 2. The van der Waals surface area contributed by atoms with Crippen LogP contribution in [0.4, 0.5) is 5.82 Å². The first-order valence-corrected chi connectivity index (χ1v) is 6.23. The molecule has 0 spiro atoms. The third-order valence-electron chi connectivity index (χ3n) is 2.28. The Morgan fingerprint density at radius 1 is 1.67 bits per heavy atom. The van der Waals surface area contributed by atoms with Gasteiger partial charge in [-0.2, -0.15) is 17.0 Å². The summed E-state index contributed by atoms with van der Waals surface area (Å²) in [6.07, 6.45) is 2.73. The van der Waals surface area contributed by atoms with Crippen molar-refractivity contribution in [3.8, 4) is 6.07 Å². The highest BCUT2D eigenvalue weighted by Crippen LogP contribution is 2.26. The smallest absolute Gasteiger partial charge is 0.146 e. The second-order valence-electron chi connectivity index (χ2n) is 3.34. The van der Waals surface area contributed by atoms with Crippen molar-refractivity contribution >= 4 is 29.2 Å². The van der Waals surface area contributed by atoms with Crippen LogP contribution < -0.4 is 5.32 Å². The Balaban J connectivity index is 2.17. The van der Waals surface area contributed by atoms with Gasteiger partial charge in [0.1, 0.15) is 16.9 Å². The van der Waals surface area contributed by atoms with Crippen LogP contribution in [0.5, 0.6) is 0 Å². The number of hydrogen-bond acceptors (Lipinski definition) is 4. The van der Waals surface area contributed by atoms with Crippen LogP contribution >= 0.6 is 23.4 Å². The Bertz CT molecular complexity index is 396. The molecule has 0 aliphatic carbocycles. The summed E-state index contributed by atoms with van der Waals surface area (Å²) >= 11 is 7.95. The fourth-order valence-electron chi connectivity index (χ4n) is 1.47. The molecular weight excluding hydrogens is 230 g/mol. The summed E-state index contributed by atoms with van der Waals surface area (Å²) in [6, 6.07) is 4.09. The second kappa shape index (κ2) is 4.73. The maximum Gasteiger partial charge on any atom is 0.146 e. The van der Waals surface area contributed by atoms with E-state index in [2.05, 4.69) is 10.3 Å². The van der Waals surface area contributed by atoms with Gasteiger partial charge in [-0.1, -0.05) is 11.6 Å². The van der Waals surface area contributed by atoms with Crippen molar-refractivity contribution in [3.05, 3.63) is 22.8 Å². The molecule has 1 aromatic rings. The number of nitrogens with zero attached hydrogens (tertiary/aromatic N) is 2. The van der Waals surface area contributed by atoms with Crippen molar-refractivity contribution in [1.82, 2.24) is 4.98 Å². The molecule has 1 atom stereocenters. The fraction of sp³-hybridized carbons (Fsp3) is 0.400. The lowest BCUT2D eigenvalue weighted by Crippen LogP contribution is -2.19. The van der Waals surface area contributed by atoms with Gasteiger partial charge in [-0.25, -0.2) is 4.98 Å². The third-order valence-corrected chi connectivity index (χ3v) is 3.83. The van der Waals surface area contributed by atoms with E-state index >= 15 is 0 Å². The molecule has 78 valence electrons. The maximum absolute atomic E-state index is 8.81. The standard InChI is InChI=1S/C10H10ClN3S/c11-9-7(5-12)1-3-13-10(9)14-8-2-4-15-6-8/h1,3,8H,2,4,6H2,(H,13,14). The molecule has 1 aliphatic heterocycles. The highest BCUT2D eigenvalue weighted by molar-refractivity contribution is 7.99. The summed E-state index contributed by atoms with van der Waals surface area (Å²) in [5, 5.41) is 12.5. The number of thioether (sulfide) groups is 1. The molecule has 1 saturated heterocycles. The van der Waals surface area contributed by atoms with Crippen molar-refractivity contribution in [2.45, 2.75) is 12.5 Å². The molecule has 0 amide bonds. The molecular formula is C10H10ClN3S. The predicted molar refractivity (Wildman–Crippen MR) is 63.3 cm³/mol. The molecule has 3 nitrogen and oxygen atoms in total. The van der Waals surface area contributed by atoms with Crippen LogP contribution in [0.1, 0.15) is 12.0 Å². The Morgan fingerprint density at radius 3 is 3.20 bits per heavy atom. The van der Waals surface area contributed by atoms with Crippen molar-refractivity contribution in [1.29, 1.82) is 5.26 Å². The average Bonchev–Trinajstić information content (AvgIpc) is 2.74. The zero-order valence-electron chi connectivity index (χ0n) is 8.03. The molecule has 0 aromatic carbocycles. The van der Waals surface area contributed by atoms with Gasteiger partial charge in [-0.15, -0.1) is 0 Å². The lowest BCUT2D eigenvalue weighted by Gasteiger charge is -2.13. The summed E-state index contributed by atoms with van der Waals surface area (Å²) in [7, 11) is 0. The molecule has 1 unspecified atom stereocenters. The first kappa shape index (κ1) is 10.6. The van der Waals surface area contributed by atoms with Gasteiger partial charge >= 0.3 is 0 Å². The molecule has 1 aliphatic rings. The van der Waals surface area contributed by atoms with Gasteiger partial charge < -0.3 is 5.32 Å². The zero-order valence-corrected chi connectivity index (χ0v) is 9.61. The van der Waals surface area contributed by atoms with Crippen LogP contribution in [0.25, 0.3) is 0 Å². The number of hydrogen-bond donors (Lipinski definition) is 1. The molecule has 1 aromatic heterocycles. The number of anilines is 1. The van der Waals surface area contributed by atoms with Gasteiger partial charge in [0.25, 0.3) is 0 Å². The summed E-state index contributed by atoms with van der Waals surface area (Å²) in [4.78, 5) is 4.15. The summed E-state index contributed by atoms with van der Waals surface area (Å²) in [5.74, 6) is 2.88. The molecule has 0 saturated carbocycles. The monoisotopic (exact) mass is 239 g/mol. The number of nitrogens with one attached hydrogen (secondary N) is 1. The Morgan fingerprint density at radius 2 is 2.53 bits per heavy atom. The third kappa shape index (κ3) is 2.36. The van der Waals surface area contributed by atoms with Crippen molar-refractivity contribution in [2.24, 2.45) is 0 Å². The minimum Gasteiger partial charge on any atom is -0.365 e. The molecule has 5 heteroatoms. The maximum atomic E-state index is 8.81. The first-order valence-electron chi connectivity index (χ1n) is 4.70. The highest BCUT2D eigenvalue weighted by atomic mass is 35.5. The predicted octanol–water partition coefficient (Wildman–Crippen LogP) is 2.52. The number of nitriles is 1. The Kier molecular flexibility index (Phi) is 3.34. The summed E-state index contributed by atoms with van der Waals surface area (Å²) in [5.41, 5.74) is 0.472. The quantitative estimate of drug-likeness (QED) is 0.862. The molecule has 0 bridgehead atoms. The molecule has 2 rings (SSSR count). The van der Waals surface area contributed by atoms with Gasteiger partial charge in [-0.05, 0) is 18.2 Å². The average molecular weight is 240 g/mol. The molecule has 15 heavy (non-hydrogen) atoms. The highest BCUT2D eigenvalue weighted by Gasteiger charge is 2.17. The number of halogens is 1. The SMILES string of the molecule is N#Cc1ccnc(NC2CCSC2)c1Cl. The lowest BCUT2D eigenvalue weighted by atomic mass is 10.2. The van der Waals surface area contributed by atoms with Crippen LogP contribution in [0, 0.1) is 11.3 Å². The van der Waals surface area contributed by atoms with Gasteiger partial charge in [0.15, 0.2) is 0 Å². The van der Waals surface area contributed by atoms with Crippen LogP contribution in [0.3, 0.4) is 0 Å². The topological polar surface area (TPSA) is 48.7 Å². The lowest BCUT2D eigenvalue weighted by molar-refractivity contribution is 0.807. The number of pyridine rings is 1. The van der Waals surface area contributed by atoms with E-state index in [1.165, 1.54) is 5.75 Å².